The van der Waals surface area contributed by atoms with Crippen LogP contribution in [0.5, 0.6) is 0 Å². The summed E-state index contributed by atoms with van der Waals surface area (Å²) in [7, 11) is 1.59. The van der Waals surface area contributed by atoms with Gasteiger partial charge in [-0.1, -0.05) is 28.1 Å². The lowest BCUT2D eigenvalue weighted by Crippen LogP contribution is -2.36. The van der Waals surface area contributed by atoms with E-state index < -0.39 is 0 Å². The maximum atomic E-state index is 12.2. The predicted molar refractivity (Wildman–Crippen MR) is 73.9 cm³/mol. The monoisotopic (exact) mass is 315 g/mol. The average molecular weight is 316 g/mol. The van der Waals surface area contributed by atoms with Crippen LogP contribution in [-0.2, 0) is 10.1 Å². The molecule has 1 rings (SSSR count). The van der Waals surface area contributed by atoms with Gasteiger partial charge in [0.1, 0.15) is 0 Å². The van der Waals surface area contributed by atoms with E-state index in [-0.39, 0.29) is 12.5 Å². The smallest absolute Gasteiger partial charge is 0.254 e. The highest BCUT2D eigenvalue weighted by Gasteiger charge is 2.14. The van der Waals surface area contributed by atoms with E-state index in [1.54, 1.807) is 24.1 Å². The highest BCUT2D eigenvalue weighted by molar-refractivity contribution is 9.08. The maximum Gasteiger partial charge on any atom is 0.254 e. The molecular weight excluding hydrogens is 298 g/mol. The van der Waals surface area contributed by atoms with Crippen molar-refractivity contribution in [1.82, 2.24) is 4.90 Å². The minimum atomic E-state index is -0.0813. The van der Waals surface area contributed by atoms with Gasteiger partial charge in [-0.15, -0.1) is 0 Å². The molecular formula is C13H18BrNO3. The summed E-state index contributed by atoms with van der Waals surface area (Å²) in [5, 5.41) is 9.74. The molecule has 0 radical (unpaired) electrons. The van der Waals surface area contributed by atoms with Crippen LogP contribution >= 0.6 is 15.9 Å². The predicted octanol–water partition coefficient (Wildman–Crippen LogP) is 1.66. The Labute approximate surface area is 116 Å². The van der Waals surface area contributed by atoms with Crippen LogP contribution < -0.4 is 0 Å². The summed E-state index contributed by atoms with van der Waals surface area (Å²) in [6.07, 6.45) is 0. The Morgan fingerprint density at radius 2 is 2.00 bits per heavy atom. The molecule has 1 aromatic carbocycles. The molecule has 18 heavy (non-hydrogen) atoms. The van der Waals surface area contributed by atoms with E-state index in [2.05, 4.69) is 15.9 Å². The van der Waals surface area contributed by atoms with Crippen molar-refractivity contribution in [3.05, 3.63) is 35.4 Å². The van der Waals surface area contributed by atoms with Gasteiger partial charge in [0.2, 0.25) is 0 Å². The second kappa shape index (κ2) is 8.24. The van der Waals surface area contributed by atoms with Crippen molar-refractivity contribution < 1.29 is 14.6 Å². The Morgan fingerprint density at radius 3 is 2.50 bits per heavy atom. The van der Waals surface area contributed by atoms with Crippen LogP contribution in [0, 0.1) is 0 Å². The van der Waals surface area contributed by atoms with Gasteiger partial charge in [-0.2, -0.15) is 0 Å². The fraction of sp³-hybridized carbons (Fsp3) is 0.462. The first-order valence-corrected chi connectivity index (χ1v) is 6.89. The molecule has 0 spiro atoms. The quantitative estimate of drug-likeness (QED) is 0.779. The molecule has 0 aliphatic carbocycles. The summed E-state index contributed by atoms with van der Waals surface area (Å²) in [5.74, 6) is -0.0813. The van der Waals surface area contributed by atoms with E-state index in [0.29, 0.717) is 25.3 Å². The van der Waals surface area contributed by atoms with Crippen molar-refractivity contribution in [2.45, 2.75) is 5.33 Å². The Bertz CT molecular complexity index is 367. The third-order valence-electron chi connectivity index (χ3n) is 2.58. The van der Waals surface area contributed by atoms with Crippen LogP contribution in [-0.4, -0.2) is 49.3 Å². The fourth-order valence-electron chi connectivity index (χ4n) is 1.56. The van der Waals surface area contributed by atoms with Gasteiger partial charge in [-0.3, -0.25) is 4.79 Å². The van der Waals surface area contributed by atoms with E-state index in [1.165, 1.54) is 0 Å². The molecule has 0 bridgehead atoms. The van der Waals surface area contributed by atoms with Crippen LogP contribution in [0.25, 0.3) is 0 Å². The summed E-state index contributed by atoms with van der Waals surface area (Å²) in [4.78, 5) is 13.8. The van der Waals surface area contributed by atoms with E-state index >= 15 is 0 Å². The van der Waals surface area contributed by atoms with Gasteiger partial charge in [0.25, 0.3) is 5.91 Å². The Hall–Kier alpha value is -0.910. The number of alkyl halides is 1. The van der Waals surface area contributed by atoms with Gasteiger partial charge >= 0.3 is 0 Å². The molecule has 0 aliphatic rings. The number of ether oxygens (including phenoxy) is 1. The van der Waals surface area contributed by atoms with Crippen molar-refractivity contribution in [3.63, 3.8) is 0 Å². The highest BCUT2D eigenvalue weighted by Crippen LogP contribution is 2.10. The first-order valence-electron chi connectivity index (χ1n) is 5.77. The number of methoxy groups -OCH3 is 1. The van der Waals surface area contributed by atoms with Gasteiger partial charge in [-0.05, 0) is 17.7 Å². The van der Waals surface area contributed by atoms with Crippen LogP contribution in [0.2, 0.25) is 0 Å². The number of benzene rings is 1. The van der Waals surface area contributed by atoms with Crippen molar-refractivity contribution >= 4 is 21.8 Å². The summed E-state index contributed by atoms with van der Waals surface area (Å²) >= 11 is 3.36. The third-order valence-corrected chi connectivity index (χ3v) is 3.23. The third kappa shape index (κ3) is 4.40. The van der Waals surface area contributed by atoms with Crippen molar-refractivity contribution in [3.8, 4) is 0 Å². The summed E-state index contributed by atoms with van der Waals surface area (Å²) in [5.41, 5.74) is 1.75. The lowest BCUT2D eigenvalue weighted by atomic mass is 10.1. The number of amides is 1. The normalized spacial score (nSPS) is 10.4. The minimum absolute atomic E-state index is 0.0467. The molecule has 5 heteroatoms. The van der Waals surface area contributed by atoms with Gasteiger partial charge in [0.05, 0.1) is 13.2 Å². The van der Waals surface area contributed by atoms with Gasteiger partial charge in [0, 0.05) is 31.1 Å². The number of carbonyl (C=O) groups is 1. The topological polar surface area (TPSA) is 49.8 Å². The van der Waals surface area contributed by atoms with Crippen molar-refractivity contribution in [2.24, 2.45) is 0 Å². The molecule has 0 saturated carbocycles. The molecule has 0 heterocycles. The number of rotatable bonds is 7. The largest absolute Gasteiger partial charge is 0.395 e. The Balaban J connectivity index is 2.73. The minimum Gasteiger partial charge on any atom is -0.395 e. The van der Waals surface area contributed by atoms with Crippen LogP contribution in [0.4, 0.5) is 0 Å². The molecule has 100 valence electrons. The van der Waals surface area contributed by atoms with Crippen LogP contribution in [0.15, 0.2) is 24.3 Å². The van der Waals surface area contributed by atoms with Crippen molar-refractivity contribution in [1.29, 1.82) is 0 Å². The molecule has 0 aliphatic heterocycles. The first kappa shape index (κ1) is 15.1. The van der Waals surface area contributed by atoms with E-state index in [4.69, 9.17) is 9.84 Å². The second-order valence-electron chi connectivity index (χ2n) is 3.84. The number of carbonyl (C=O) groups excluding carboxylic acids is 1. The number of aliphatic hydroxyl groups excluding tert-OH is 1. The summed E-state index contributed by atoms with van der Waals surface area (Å²) < 4.78 is 4.96. The molecule has 1 N–H and O–H groups in total. The number of halogens is 1. The molecule has 0 fully saturated rings. The molecule has 0 saturated heterocycles. The molecule has 0 aromatic heterocycles. The van der Waals surface area contributed by atoms with E-state index in [9.17, 15) is 4.79 Å². The highest BCUT2D eigenvalue weighted by atomic mass is 79.9. The molecule has 1 amide bonds. The standard InChI is InChI=1S/C13H18BrNO3/c1-18-9-7-15(6-8-16)13(17)12-4-2-11(10-14)3-5-12/h2-5,16H,6-10H2,1H3. The molecule has 4 nitrogen and oxygen atoms in total. The molecule has 1 aromatic rings. The average Bonchev–Trinajstić information content (AvgIpc) is 2.43. The SMILES string of the molecule is COCCN(CCO)C(=O)c1ccc(CBr)cc1. The summed E-state index contributed by atoms with van der Waals surface area (Å²) in [6, 6.07) is 7.43. The maximum absolute atomic E-state index is 12.2. The number of nitrogens with zero attached hydrogens (tertiary/aromatic N) is 1. The zero-order valence-corrected chi connectivity index (χ0v) is 12.0. The lowest BCUT2D eigenvalue weighted by Gasteiger charge is -2.21. The molecule has 0 atom stereocenters. The number of hydrogen-bond acceptors (Lipinski definition) is 3. The van der Waals surface area contributed by atoms with E-state index in [1.807, 2.05) is 12.1 Å². The zero-order valence-electron chi connectivity index (χ0n) is 10.4. The van der Waals surface area contributed by atoms with E-state index in [0.717, 1.165) is 10.9 Å². The lowest BCUT2D eigenvalue weighted by molar-refractivity contribution is 0.0656. The number of hydrogen-bond donors (Lipinski definition) is 1. The molecule has 0 unspecified atom stereocenters. The zero-order chi connectivity index (χ0) is 13.4. The first-order chi connectivity index (χ1) is 8.72. The summed E-state index contributed by atoms with van der Waals surface area (Å²) in [6.45, 7) is 1.22. The number of aliphatic hydroxyl groups is 1. The van der Waals surface area contributed by atoms with Gasteiger partial charge in [0.15, 0.2) is 0 Å². The van der Waals surface area contributed by atoms with Crippen LogP contribution in [0.1, 0.15) is 15.9 Å². The van der Waals surface area contributed by atoms with Crippen LogP contribution in [0.3, 0.4) is 0 Å². The fourth-order valence-corrected chi connectivity index (χ4v) is 1.93. The Morgan fingerprint density at radius 1 is 1.33 bits per heavy atom. The van der Waals surface area contributed by atoms with Crippen molar-refractivity contribution in [2.75, 3.05) is 33.4 Å². The Kier molecular flexibility index (Phi) is 6.93. The van der Waals surface area contributed by atoms with Gasteiger partial charge < -0.3 is 14.7 Å². The van der Waals surface area contributed by atoms with Gasteiger partial charge in [-0.25, -0.2) is 0 Å². The second-order valence-corrected chi connectivity index (χ2v) is 4.40.